The third-order valence-electron chi connectivity index (χ3n) is 2.85. The van der Waals surface area contributed by atoms with E-state index in [-0.39, 0.29) is 11.7 Å². The number of phenols is 1. The molecule has 0 unspecified atom stereocenters. The molecule has 0 fully saturated rings. The molecule has 4 N–H and O–H groups in total. The highest BCUT2D eigenvalue weighted by Gasteiger charge is 2.07. The zero-order valence-electron chi connectivity index (χ0n) is 10.5. The minimum Gasteiger partial charge on any atom is -0.506 e. The number of rotatable bonds is 4. The molecule has 0 aliphatic carbocycles. The van der Waals surface area contributed by atoms with Crippen LogP contribution in [0.4, 0.5) is 11.4 Å². The average molecular weight is 256 g/mol. The number of hydrogen-bond donors (Lipinski definition) is 3. The Labute approximate surface area is 111 Å². The van der Waals surface area contributed by atoms with E-state index in [9.17, 15) is 9.90 Å². The molecular weight excluding hydrogens is 240 g/mol. The van der Waals surface area contributed by atoms with Crippen LogP contribution in [0.15, 0.2) is 48.5 Å². The van der Waals surface area contributed by atoms with Gasteiger partial charge in [-0.05, 0) is 30.2 Å². The van der Waals surface area contributed by atoms with Gasteiger partial charge in [0.1, 0.15) is 5.75 Å². The molecule has 0 aromatic heterocycles. The zero-order valence-corrected chi connectivity index (χ0v) is 10.5. The summed E-state index contributed by atoms with van der Waals surface area (Å²) < 4.78 is 0. The zero-order chi connectivity index (χ0) is 13.7. The van der Waals surface area contributed by atoms with Crippen LogP contribution in [0.2, 0.25) is 0 Å². The fraction of sp³-hybridized carbons (Fsp3) is 0.133. The van der Waals surface area contributed by atoms with E-state index < -0.39 is 0 Å². The number of aryl methyl sites for hydroxylation is 1. The number of nitrogens with one attached hydrogen (secondary N) is 1. The van der Waals surface area contributed by atoms with E-state index in [2.05, 4.69) is 5.32 Å². The van der Waals surface area contributed by atoms with E-state index in [1.807, 2.05) is 24.3 Å². The second kappa shape index (κ2) is 5.91. The van der Waals surface area contributed by atoms with Crippen molar-refractivity contribution in [2.75, 3.05) is 11.1 Å². The normalized spacial score (nSPS) is 10.1. The summed E-state index contributed by atoms with van der Waals surface area (Å²) in [7, 11) is 0. The Bertz CT molecular complexity index is 582. The maximum atomic E-state index is 11.8. The molecule has 0 heterocycles. The van der Waals surface area contributed by atoms with Crippen molar-refractivity contribution in [1.29, 1.82) is 0 Å². The van der Waals surface area contributed by atoms with Gasteiger partial charge in [0.05, 0.1) is 5.69 Å². The molecule has 0 aliphatic rings. The van der Waals surface area contributed by atoms with Gasteiger partial charge in [0.25, 0.3) is 0 Å². The molecule has 0 aliphatic heterocycles. The highest BCUT2D eigenvalue weighted by Crippen LogP contribution is 2.22. The number of carbonyl (C=O) groups is 1. The molecular formula is C15H16N2O2. The van der Waals surface area contributed by atoms with Gasteiger partial charge < -0.3 is 16.2 Å². The van der Waals surface area contributed by atoms with E-state index in [0.717, 1.165) is 5.56 Å². The molecule has 1 amide bonds. The lowest BCUT2D eigenvalue weighted by molar-refractivity contribution is -0.116. The summed E-state index contributed by atoms with van der Waals surface area (Å²) in [5, 5.41) is 12.2. The highest BCUT2D eigenvalue weighted by atomic mass is 16.3. The monoisotopic (exact) mass is 256 g/mol. The average Bonchev–Trinajstić information content (AvgIpc) is 2.40. The van der Waals surface area contributed by atoms with E-state index in [1.165, 1.54) is 6.07 Å². The number of amides is 1. The summed E-state index contributed by atoms with van der Waals surface area (Å²) >= 11 is 0. The molecule has 98 valence electrons. The van der Waals surface area contributed by atoms with Crippen LogP contribution in [0, 0.1) is 0 Å². The van der Waals surface area contributed by atoms with Crippen molar-refractivity contribution in [3.8, 4) is 5.75 Å². The largest absolute Gasteiger partial charge is 0.506 e. The topological polar surface area (TPSA) is 75.4 Å². The molecule has 19 heavy (non-hydrogen) atoms. The van der Waals surface area contributed by atoms with Crippen molar-refractivity contribution in [3.63, 3.8) is 0 Å². The Hall–Kier alpha value is -2.49. The number of aromatic hydroxyl groups is 1. The number of nitrogen functional groups attached to an aromatic ring is 1. The molecule has 0 spiro atoms. The number of nitrogens with two attached hydrogens (primary N) is 1. The van der Waals surface area contributed by atoms with Gasteiger partial charge in [-0.15, -0.1) is 0 Å². The van der Waals surface area contributed by atoms with Crippen LogP contribution in [0.5, 0.6) is 5.75 Å². The number of para-hydroxylation sites is 3. The summed E-state index contributed by atoms with van der Waals surface area (Å²) in [5.41, 5.74) is 7.88. The van der Waals surface area contributed by atoms with Gasteiger partial charge in [0.15, 0.2) is 0 Å². The summed E-state index contributed by atoms with van der Waals surface area (Å²) in [6, 6.07) is 14.1. The fourth-order valence-corrected chi connectivity index (χ4v) is 1.80. The van der Waals surface area contributed by atoms with Gasteiger partial charge in [0, 0.05) is 12.1 Å². The lowest BCUT2D eigenvalue weighted by atomic mass is 10.1. The highest BCUT2D eigenvalue weighted by molar-refractivity contribution is 5.92. The van der Waals surface area contributed by atoms with Crippen LogP contribution in [0.3, 0.4) is 0 Å². The Morgan fingerprint density at radius 3 is 2.53 bits per heavy atom. The van der Waals surface area contributed by atoms with Crippen molar-refractivity contribution >= 4 is 17.3 Å². The first-order valence-electron chi connectivity index (χ1n) is 6.08. The van der Waals surface area contributed by atoms with Crippen LogP contribution in [-0.2, 0) is 11.2 Å². The van der Waals surface area contributed by atoms with Crippen LogP contribution in [0.25, 0.3) is 0 Å². The first-order valence-corrected chi connectivity index (χ1v) is 6.08. The quantitative estimate of drug-likeness (QED) is 0.581. The van der Waals surface area contributed by atoms with Crippen LogP contribution < -0.4 is 11.1 Å². The second-order valence-electron chi connectivity index (χ2n) is 4.26. The van der Waals surface area contributed by atoms with Gasteiger partial charge >= 0.3 is 0 Å². The summed E-state index contributed by atoms with van der Waals surface area (Å²) in [6.45, 7) is 0. The number of anilines is 2. The number of phenolic OH excluding ortho intramolecular Hbond substituents is 1. The van der Waals surface area contributed by atoms with Crippen LogP contribution in [0.1, 0.15) is 12.0 Å². The molecule has 0 bridgehead atoms. The molecule has 0 saturated carbocycles. The van der Waals surface area contributed by atoms with E-state index in [4.69, 9.17) is 5.73 Å². The maximum absolute atomic E-state index is 11.8. The molecule has 4 heteroatoms. The number of carbonyl (C=O) groups excluding carboxylic acids is 1. The van der Waals surface area contributed by atoms with Gasteiger partial charge in [-0.2, -0.15) is 0 Å². The molecule has 2 rings (SSSR count). The van der Waals surface area contributed by atoms with Gasteiger partial charge in [-0.25, -0.2) is 0 Å². The molecule has 0 atom stereocenters. The maximum Gasteiger partial charge on any atom is 0.224 e. The molecule has 2 aromatic carbocycles. The molecule has 2 aromatic rings. The fourth-order valence-electron chi connectivity index (χ4n) is 1.80. The first kappa shape index (κ1) is 13.0. The smallest absolute Gasteiger partial charge is 0.224 e. The van der Waals surface area contributed by atoms with Crippen molar-refractivity contribution in [3.05, 3.63) is 54.1 Å². The van der Waals surface area contributed by atoms with E-state index in [1.54, 1.807) is 18.2 Å². The Kier molecular flexibility index (Phi) is 4.03. The summed E-state index contributed by atoms with van der Waals surface area (Å²) in [4.78, 5) is 11.8. The van der Waals surface area contributed by atoms with Gasteiger partial charge in [-0.3, -0.25) is 4.79 Å². The summed E-state index contributed by atoms with van der Waals surface area (Å²) in [5.74, 6) is -0.0835. The van der Waals surface area contributed by atoms with Gasteiger partial charge in [-0.1, -0.05) is 30.3 Å². The number of hydrogen-bond acceptors (Lipinski definition) is 3. The lowest BCUT2D eigenvalue weighted by Crippen LogP contribution is -2.12. The predicted molar refractivity (Wildman–Crippen MR) is 75.9 cm³/mol. The van der Waals surface area contributed by atoms with Crippen LogP contribution >= 0.6 is 0 Å². The standard InChI is InChI=1S/C15H16N2O2/c16-12-6-2-1-5-11(12)9-10-15(19)17-13-7-3-4-8-14(13)18/h1-8,18H,9-10,16H2,(H,17,19). The van der Waals surface area contributed by atoms with E-state index in [0.29, 0.717) is 24.2 Å². The van der Waals surface area contributed by atoms with Crippen molar-refractivity contribution < 1.29 is 9.90 Å². The predicted octanol–water partition coefficient (Wildman–Crippen LogP) is 2.55. The van der Waals surface area contributed by atoms with Crippen molar-refractivity contribution in [2.24, 2.45) is 0 Å². The summed E-state index contributed by atoms with van der Waals surface area (Å²) in [6.07, 6.45) is 0.897. The van der Waals surface area contributed by atoms with Gasteiger partial charge in [0.2, 0.25) is 5.91 Å². The third-order valence-corrected chi connectivity index (χ3v) is 2.85. The SMILES string of the molecule is Nc1ccccc1CCC(=O)Nc1ccccc1O. The Morgan fingerprint density at radius 2 is 1.79 bits per heavy atom. The molecule has 4 nitrogen and oxygen atoms in total. The van der Waals surface area contributed by atoms with Crippen molar-refractivity contribution in [2.45, 2.75) is 12.8 Å². The second-order valence-corrected chi connectivity index (χ2v) is 4.26. The minimum atomic E-state index is -0.148. The minimum absolute atomic E-state index is 0.0649. The Balaban J connectivity index is 1.92. The third kappa shape index (κ3) is 3.48. The first-order chi connectivity index (χ1) is 9.16. The van der Waals surface area contributed by atoms with Crippen LogP contribution in [-0.4, -0.2) is 11.0 Å². The Morgan fingerprint density at radius 1 is 1.11 bits per heavy atom. The lowest BCUT2D eigenvalue weighted by Gasteiger charge is -2.08. The molecule has 0 saturated heterocycles. The number of benzene rings is 2. The van der Waals surface area contributed by atoms with E-state index >= 15 is 0 Å². The van der Waals surface area contributed by atoms with Crippen molar-refractivity contribution in [1.82, 2.24) is 0 Å². The molecule has 0 radical (unpaired) electrons.